The number of hydrogen-bond donors (Lipinski definition) is 2. The highest BCUT2D eigenvalue weighted by Crippen LogP contribution is 2.47. The van der Waals surface area contributed by atoms with Gasteiger partial charge in [0.1, 0.15) is 18.0 Å². The molecule has 2 heterocycles. The van der Waals surface area contributed by atoms with E-state index in [1.54, 1.807) is 0 Å². The van der Waals surface area contributed by atoms with Gasteiger partial charge in [-0.1, -0.05) is 19.3 Å². The first-order valence-corrected chi connectivity index (χ1v) is 10.6. The van der Waals surface area contributed by atoms with Gasteiger partial charge in [-0.05, 0) is 37.5 Å². The molecule has 6 nitrogen and oxygen atoms in total. The zero-order valence-corrected chi connectivity index (χ0v) is 16.9. The summed E-state index contributed by atoms with van der Waals surface area (Å²) in [6.07, 6.45) is 6.13. The molecule has 2 N–H and O–H groups in total. The van der Waals surface area contributed by atoms with Gasteiger partial charge in [-0.15, -0.1) is 0 Å². The minimum Gasteiger partial charge on any atom is -0.487 e. The molecule has 1 aromatic carbocycles. The second kappa shape index (κ2) is 8.29. The van der Waals surface area contributed by atoms with Crippen LogP contribution in [0.25, 0.3) is 0 Å². The number of anilines is 1. The molecule has 28 heavy (non-hydrogen) atoms. The first kappa shape index (κ1) is 19.5. The molecule has 3 aliphatic rings. The molecule has 1 saturated heterocycles. The molecule has 4 rings (SSSR count). The number of ether oxygens (including phenoxy) is 2. The van der Waals surface area contributed by atoms with Crippen LogP contribution in [0, 0.1) is 0 Å². The predicted molar refractivity (Wildman–Crippen MR) is 108 cm³/mol. The van der Waals surface area contributed by atoms with Crippen LogP contribution in [0.4, 0.5) is 5.69 Å². The zero-order chi connectivity index (χ0) is 19.7. The summed E-state index contributed by atoms with van der Waals surface area (Å²) >= 11 is 0. The fraction of sp³-hybridized carbons (Fsp3) is 0.682. The number of aliphatic hydroxyl groups is 1. The summed E-state index contributed by atoms with van der Waals surface area (Å²) in [6.45, 7) is -0.101. The van der Waals surface area contributed by atoms with Crippen molar-refractivity contribution < 1.29 is 19.4 Å². The van der Waals surface area contributed by atoms with Crippen molar-refractivity contribution in [3.8, 4) is 5.75 Å². The Labute approximate surface area is 167 Å². The van der Waals surface area contributed by atoms with Crippen LogP contribution < -0.4 is 15.0 Å². The molecule has 0 bridgehead atoms. The van der Waals surface area contributed by atoms with Crippen molar-refractivity contribution in [3.63, 3.8) is 0 Å². The number of nitrogens with zero attached hydrogens (tertiary/aromatic N) is 1. The van der Waals surface area contributed by atoms with Crippen LogP contribution >= 0.6 is 0 Å². The summed E-state index contributed by atoms with van der Waals surface area (Å²) in [4.78, 5) is 14.6. The molecule has 1 amide bonds. The van der Waals surface area contributed by atoms with E-state index < -0.39 is 6.10 Å². The van der Waals surface area contributed by atoms with Gasteiger partial charge < -0.3 is 24.8 Å². The van der Waals surface area contributed by atoms with Crippen molar-refractivity contribution in [2.24, 2.45) is 0 Å². The molecule has 1 aliphatic carbocycles. The number of rotatable bonds is 5. The first-order chi connectivity index (χ1) is 13.5. The van der Waals surface area contributed by atoms with Crippen LogP contribution in [0.3, 0.4) is 0 Å². The Morgan fingerprint density at radius 2 is 2.04 bits per heavy atom. The van der Waals surface area contributed by atoms with Gasteiger partial charge in [0.2, 0.25) is 5.91 Å². The molecule has 0 radical (unpaired) electrons. The van der Waals surface area contributed by atoms with Crippen LogP contribution in [0.2, 0.25) is 0 Å². The summed E-state index contributed by atoms with van der Waals surface area (Å²) in [5.41, 5.74) is 2.29. The Kier molecular flexibility index (Phi) is 5.78. The van der Waals surface area contributed by atoms with Crippen molar-refractivity contribution >= 4 is 11.6 Å². The van der Waals surface area contributed by atoms with Crippen LogP contribution in [-0.4, -0.2) is 56.1 Å². The maximum atomic E-state index is 12.6. The number of carbonyl (C=O) groups is 1. The highest BCUT2D eigenvalue weighted by atomic mass is 16.6. The van der Waals surface area contributed by atoms with Gasteiger partial charge in [-0.3, -0.25) is 4.79 Å². The summed E-state index contributed by atoms with van der Waals surface area (Å²) in [5, 5.41) is 13.0. The number of nitrogens with one attached hydrogen (secondary N) is 1. The molecule has 2 fully saturated rings. The van der Waals surface area contributed by atoms with E-state index in [1.807, 2.05) is 26.2 Å². The molecule has 6 heteroatoms. The third kappa shape index (κ3) is 3.98. The van der Waals surface area contributed by atoms with E-state index in [2.05, 4.69) is 16.3 Å². The van der Waals surface area contributed by atoms with Crippen LogP contribution in [0.1, 0.15) is 56.4 Å². The molecule has 2 aliphatic heterocycles. The van der Waals surface area contributed by atoms with Crippen molar-refractivity contribution in [1.82, 2.24) is 5.32 Å². The molecule has 4 atom stereocenters. The third-order valence-electron chi connectivity index (χ3n) is 6.38. The second-order valence-electron chi connectivity index (χ2n) is 8.63. The number of aliphatic hydroxyl groups excluding tert-OH is 1. The lowest BCUT2D eigenvalue weighted by Crippen LogP contribution is -2.48. The number of fused-ring (bicyclic) bond motifs is 3. The Morgan fingerprint density at radius 1 is 1.25 bits per heavy atom. The maximum Gasteiger partial charge on any atom is 0.222 e. The van der Waals surface area contributed by atoms with Crippen LogP contribution in [0.5, 0.6) is 5.75 Å². The molecule has 0 spiro atoms. The SMILES string of the molecule is CN(C)c1ccc2c(c1)[C@@H]1C[C@@H](CC(=O)NC3CCCCC3)O[C@@H](CO)[C@@H]1O2. The average Bonchev–Trinajstić information content (AvgIpc) is 3.06. The van der Waals surface area contributed by atoms with Crippen molar-refractivity contribution in [1.29, 1.82) is 0 Å². The van der Waals surface area contributed by atoms with Crippen LogP contribution in [-0.2, 0) is 9.53 Å². The molecule has 1 saturated carbocycles. The van der Waals surface area contributed by atoms with E-state index in [4.69, 9.17) is 9.47 Å². The average molecular weight is 389 g/mol. The smallest absolute Gasteiger partial charge is 0.222 e. The van der Waals surface area contributed by atoms with E-state index in [9.17, 15) is 9.90 Å². The Morgan fingerprint density at radius 3 is 2.75 bits per heavy atom. The van der Waals surface area contributed by atoms with E-state index in [0.29, 0.717) is 12.5 Å². The summed E-state index contributed by atoms with van der Waals surface area (Å²) in [5.74, 6) is 1.08. The predicted octanol–water partition coefficient (Wildman–Crippen LogP) is 2.59. The van der Waals surface area contributed by atoms with Gasteiger partial charge >= 0.3 is 0 Å². The molecular formula is C22H32N2O4. The number of amides is 1. The Balaban J connectivity index is 1.45. The van der Waals surface area contributed by atoms with Gasteiger partial charge in [0, 0.05) is 37.3 Å². The Bertz CT molecular complexity index is 702. The van der Waals surface area contributed by atoms with E-state index >= 15 is 0 Å². The summed E-state index contributed by atoms with van der Waals surface area (Å²) in [6, 6.07) is 6.52. The minimum absolute atomic E-state index is 0.0632. The lowest BCUT2D eigenvalue weighted by atomic mass is 9.84. The highest BCUT2D eigenvalue weighted by molar-refractivity contribution is 5.76. The topological polar surface area (TPSA) is 71.0 Å². The summed E-state index contributed by atoms with van der Waals surface area (Å²) < 4.78 is 12.2. The highest BCUT2D eigenvalue weighted by Gasteiger charge is 2.46. The number of benzene rings is 1. The van der Waals surface area contributed by atoms with Gasteiger partial charge in [0.25, 0.3) is 0 Å². The normalized spacial score (nSPS) is 29.5. The van der Waals surface area contributed by atoms with E-state index in [0.717, 1.165) is 36.3 Å². The summed E-state index contributed by atoms with van der Waals surface area (Å²) in [7, 11) is 4.04. The fourth-order valence-corrected chi connectivity index (χ4v) is 4.90. The van der Waals surface area contributed by atoms with E-state index in [-0.39, 0.29) is 30.6 Å². The fourth-order valence-electron chi connectivity index (χ4n) is 4.90. The zero-order valence-electron chi connectivity index (χ0n) is 16.9. The maximum absolute atomic E-state index is 12.6. The van der Waals surface area contributed by atoms with Crippen LogP contribution in [0.15, 0.2) is 18.2 Å². The standard InChI is InChI=1S/C22H32N2O4/c1-24(2)15-8-9-19-17(10-15)18-11-16(27-20(13-25)22(18)28-19)12-21(26)23-14-6-4-3-5-7-14/h8-10,14,16,18,20,22,25H,3-7,11-13H2,1-2H3,(H,23,26)/t16-,18-,20-,22+/m0/s1. The monoisotopic (exact) mass is 388 g/mol. The lowest BCUT2D eigenvalue weighted by Gasteiger charge is -2.37. The molecule has 1 aromatic rings. The van der Waals surface area contributed by atoms with Gasteiger partial charge in [-0.2, -0.15) is 0 Å². The quantitative estimate of drug-likeness (QED) is 0.811. The minimum atomic E-state index is -0.401. The van der Waals surface area contributed by atoms with Crippen molar-refractivity contribution in [3.05, 3.63) is 23.8 Å². The lowest BCUT2D eigenvalue weighted by molar-refractivity contribution is -0.142. The third-order valence-corrected chi connectivity index (χ3v) is 6.38. The van der Waals surface area contributed by atoms with Crippen molar-refractivity contribution in [2.45, 2.75) is 75.2 Å². The van der Waals surface area contributed by atoms with E-state index in [1.165, 1.54) is 19.3 Å². The van der Waals surface area contributed by atoms with Gasteiger partial charge in [0.15, 0.2) is 0 Å². The van der Waals surface area contributed by atoms with Crippen molar-refractivity contribution in [2.75, 3.05) is 25.6 Å². The van der Waals surface area contributed by atoms with Gasteiger partial charge in [-0.25, -0.2) is 0 Å². The largest absolute Gasteiger partial charge is 0.487 e. The molecule has 154 valence electrons. The molecular weight excluding hydrogens is 356 g/mol. The van der Waals surface area contributed by atoms with Gasteiger partial charge in [0.05, 0.1) is 19.1 Å². The number of hydrogen-bond acceptors (Lipinski definition) is 5. The molecule has 0 aromatic heterocycles. The second-order valence-corrected chi connectivity index (χ2v) is 8.63. The number of carbonyl (C=O) groups excluding carboxylic acids is 1. The first-order valence-electron chi connectivity index (χ1n) is 10.6. The molecule has 0 unspecified atom stereocenters. The Hall–Kier alpha value is -1.79.